The van der Waals surface area contributed by atoms with Gasteiger partial charge in [-0.25, -0.2) is 4.68 Å². The third-order valence-electron chi connectivity index (χ3n) is 5.29. The van der Waals surface area contributed by atoms with Gasteiger partial charge >= 0.3 is 6.18 Å². The van der Waals surface area contributed by atoms with Gasteiger partial charge in [0.05, 0.1) is 17.7 Å². The van der Waals surface area contributed by atoms with Gasteiger partial charge in [-0.05, 0) is 39.5 Å². The van der Waals surface area contributed by atoms with Crippen molar-refractivity contribution in [1.29, 1.82) is 0 Å². The highest BCUT2D eigenvalue weighted by Crippen LogP contribution is 2.28. The number of aryl methyl sites for hydroxylation is 1. The Morgan fingerprint density at radius 2 is 1.82 bits per heavy atom. The number of alkyl halides is 3. The molecule has 1 aliphatic rings. The smallest absolute Gasteiger partial charge is 0.389 e. The number of carbonyl (C=O) groups is 1. The van der Waals surface area contributed by atoms with Crippen molar-refractivity contribution in [3.05, 3.63) is 38.9 Å². The Bertz CT molecular complexity index is 1070. The number of carbonyl (C=O) groups excluding carboxylic acids is 1. The molecule has 0 radical (unpaired) electrons. The maximum absolute atomic E-state index is 13.1. The molecular weight excluding hydrogens is 465 g/mol. The van der Waals surface area contributed by atoms with Crippen molar-refractivity contribution < 1.29 is 23.1 Å². The highest BCUT2D eigenvalue weighted by molar-refractivity contribution is 6.32. The number of nitrogens with one attached hydrogen (secondary N) is 2. The van der Waals surface area contributed by atoms with Crippen molar-refractivity contribution in [3.63, 3.8) is 0 Å². The molecule has 0 aliphatic heterocycles. The van der Waals surface area contributed by atoms with Gasteiger partial charge in [0.25, 0.3) is 11.5 Å². The standard InChI is InChI=1S/C20H26ClF3N6O3/c1-19(2,33)10-30-9-13(16(21)28-30)17(31)26-12-6-4-11(5-7-12)25-15-8-14(20(22,23)24)18(32)29(3)27-15/h8-9,11-12,33H,4-7,10H2,1-3H3,(H,25,27)(H,26,31). The summed E-state index contributed by atoms with van der Waals surface area (Å²) in [5.74, 6) is -0.407. The third-order valence-corrected chi connectivity index (χ3v) is 5.57. The molecule has 2 aromatic heterocycles. The molecule has 0 aromatic carbocycles. The Hall–Kier alpha value is -2.60. The fourth-order valence-corrected chi connectivity index (χ4v) is 4.00. The van der Waals surface area contributed by atoms with E-state index in [0.717, 1.165) is 6.07 Å². The number of anilines is 1. The molecule has 2 aromatic rings. The van der Waals surface area contributed by atoms with Crippen molar-refractivity contribution in [3.8, 4) is 0 Å². The highest BCUT2D eigenvalue weighted by Gasteiger charge is 2.35. The van der Waals surface area contributed by atoms with E-state index in [0.29, 0.717) is 30.4 Å². The van der Waals surface area contributed by atoms with E-state index in [1.807, 2.05) is 0 Å². The second kappa shape index (κ2) is 9.34. The number of aliphatic hydroxyl groups is 1. The van der Waals surface area contributed by atoms with Crippen LogP contribution in [0.1, 0.15) is 55.5 Å². The van der Waals surface area contributed by atoms with Crippen molar-refractivity contribution in [2.24, 2.45) is 7.05 Å². The highest BCUT2D eigenvalue weighted by atomic mass is 35.5. The van der Waals surface area contributed by atoms with Gasteiger partial charge in [0.15, 0.2) is 5.15 Å². The lowest BCUT2D eigenvalue weighted by Gasteiger charge is -2.30. The minimum atomic E-state index is -4.77. The zero-order valence-corrected chi connectivity index (χ0v) is 19.2. The molecule has 1 aliphatic carbocycles. The molecule has 1 amide bonds. The summed E-state index contributed by atoms with van der Waals surface area (Å²) in [4.78, 5) is 24.3. The van der Waals surface area contributed by atoms with Crippen LogP contribution in [0.5, 0.6) is 0 Å². The lowest BCUT2D eigenvalue weighted by atomic mass is 9.91. The molecule has 2 heterocycles. The zero-order valence-electron chi connectivity index (χ0n) is 18.4. The molecule has 0 unspecified atom stereocenters. The zero-order chi connectivity index (χ0) is 24.6. The topological polar surface area (TPSA) is 114 Å². The van der Waals surface area contributed by atoms with E-state index in [4.69, 9.17) is 11.6 Å². The molecule has 3 N–H and O–H groups in total. The van der Waals surface area contributed by atoms with Crippen molar-refractivity contribution in [1.82, 2.24) is 24.9 Å². The summed E-state index contributed by atoms with van der Waals surface area (Å²) < 4.78 is 41.3. The van der Waals surface area contributed by atoms with Crippen LogP contribution >= 0.6 is 11.6 Å². The summed E-state index contributed by atoms with van der Waals surface area (Å²) in [7, 11) is 1.17. The fraction of sp³-hybridized carbons (Fsp3) is 0.600. The first-order valence-electron chi connectivity index (χ1n) is 10.4. The lowest BCUT2D eigenvalue weighted by molar-refractivity contribution is -0.139. The minimum Gasteiger partial charge on any atom is -0.389 e. The van der Waals surface area contributed by atoms with E-state index in [1.165, 1.54) is 17.9 Å². The molecule has 0 bridgehead atoms. The second-order valence-corrected chi connectivity index (χ2v) is 9.24. The summed E-state index contributed by atoms with van der Waals surface area (Å²) >= 11 is 6.07. The Kier molecular flexibility index (Phi) is 7.08. The van der Waals surface area contributed by atoms with Gasteiger partial charge in [-0.15, -0.1) is 0 Å². The Morgan fingerprint density at radius 1 is 1.21 bits per heavy atom. The van der Waals surface area contributed by atoms with Gasteiger partial charge in [-0.1, -0.05) is 11.6 Å². The Labute approximate surface area is 192 Å². The summed E-state index contributed by atoms with van der Waals surface area (Å²) in [5, 5.41) is 23.7. The molecule has 0 atom stereocenters. The van der Waals surface area contributed by atoms with Gasteiger partial charge in [-0.2, -0.15) is 23.4 Å². The van der Waals surface area contributed by atoms with Crippen LogP contribution in [0.2, 0.25) is 5.15 Å². The Morgan fingerprint density at radius 3 is 2.39 bits per heavy atom. The van der Waals surface area contributed by atoms with Crippen LogP contribution in [0.15, 0.2) is 17.1 Å². The van der Waals surface area contributed by atoms with E-state index < -0.39 is 22.9 Å². The molecule has 0 saturated heterocycles. The molecule has 3 rings (SSSR count). The largest absolute Gasteiger partial charge is 0.421 e. The van der Waals surface area contributed by atoms with Crippen LogP contribution in [-0.2, 0) is 19.8 Å². The fourth-order valence-electron chi connectivity index (χ4n) is 3.76. The molecule has 182 valence electrons. The normalized spacial score (nSPS) is 19.4. The first-order chi connectivity index (χ1) is 15.2. The van der Waals surface area contributed by atoms with Crippen molar-refractivity contribution in [2.75, 3.05) is 5.32 Å². The van der Waals surface area contributed by atoms with Gasteiger partial charge in [0.1, 0.15) is 11.4 Å². The number of hydrogen-bond donors (Lipinski definition) is 3. The number of rotatable bonds is 6. The summed E-state index contributed by atoms with van der Waals surface area (Å²) in [6, 6.07) is 0.439. The monoisotopic (exact) mass is 490 g/mol. The van der Waals surface area contributed by atoms with E-state index in [9.17, 15) is 27.9 Å². The van der Waals surface area contributed by atoms with Gasteiger partial charge < -0.3 is 15.7 Å². The maximum Gasteiger partial charge on any atom is 0.421 e. The van der Waals surface area contributed by atoms with Crippen LogP contribution in [0.25, 0.3) is 0 Å². The van der Waals surface area contributed by atoms with Crippen LogP contribution in [0.4, 0.5) is 19.0 Å². The number of halogens is 4. The van der Waals surface area contributed by atoms with E-state index >= 15 is 0 Å². The molecule has 33 heavy (non-hydrogen) atoms. The number of amides is 1. The van der Waals surface area contributed by atoms with E-state index in [2.05, 4.69) is 20.8 Å². The van der Waals surface area contributed by atoms with Crippen LogP contribution < -0.4 is 16.2 Å². The van der Waals surface area contributed by atoms with Crippen molar-refractivity contribution >= 4 is 23.3 Å². The molecule has 9 nitrogen and oxygen atoms in total. The minimum absolute atomic E-state index is 0.0251. The summed E-state index contributed by atoms with van der Waals surface area (Å²) in [6.45, 7) is 3.40. The number of nitrogens with zero attached hydrogens (tertiary/aromatic N) is 4. The average molecular weight is 491 g/mol. The van der Waals surface area contributed by atoms with Gasteiger partial charge in [-0.3, -0.25) is 14.3 Å². The molecule has 13 heteroatoms. The first-order valence-corrected chi connectivity index (χ1v) is 10.8. The maximum atomic E-state index is 13.1. The molecule has 1 saturated carbocycles. The quantitative estimate of drug-likeness (QED) is 0.573. The number of aromatic nitrogens is 4. The predicted molar refractivity (Wildman–Crippen MR) is 115 cm³/mol. The lowest BCUT2D eigenvalue weighted by Crippen LogP contribution is -2.40. The SMILES string of the molecule is Cn1nc(NC2CCC(NC(=O)c3cn(CC(C)(C)O)nc3Cl)CC2)cc(C(F)(F)F)c1=O. The van der Waals surface area contributed by atoms with Gasteiger partial charge in [0, 0.05) is 31.4 Å². The molecule has 1 fully saturated rings. The predicted octanol–water partition coefficient (Wildman–Crippen LogP) is 2.57. The molecular formula is C20H26ClF3N6O3. The summed E-state index contributed by atoms with van der Waals surface area (Å²) in [6.07, 6.45) is -0.928. The Balaban J connectivity index is 1.57. The van der Waals surface area contributed by atoms with Crippen LogP contribution in [0.3, 0.4) is 0 Å². The third kappa shape index (κ3) is 6.47. The first kappa shape index (κ1) is 25.0. The number of hydrogen-bond acceptors (Lipinski definition) is 6. The average Bonchev–Trinajstić information content (AvgIpc) is 3.03. The molecule has 0 spiro atoms. The van der Waals surface area contributed by atoms with Crippen molar-refractivity contribution in [2.45, 2.75) is 69.9 Å². The van der Waals surface area contributed by atoms with Crippen LogP contribution in [-0.4, -0.2) is 48.3 Å². The second-order valence-electron chi connectivity index (χ2n) is 8.88. The van der Waals surface area contributed by atoms with Crippen LogP contribution in [0, 0.1) is 0 Å². The summed E-state index contributed by atoms with van der Waals surface area (Å²) in [5.41, 5.74) is -3.29. The van der Waals surface area contributed by atoms with E-state index in [-0.39, 0.29) is 41.1 Å². The van der Waals surface area contributed by atoms with Gasteiger partial charge in [0.2, 0.25) is 0 Å². The van der Waals surface area contributed by atoms with E-state index in [1.54, 1.807) is 13.8 Å².